The zero-order valence-electron chi connectivity index (χ0n) is 14.9. The molecule has 11 heteroatoms. The summed E-state index contributed by atoms with van der Waals surface area (Å²) in [4.78, 5) is 47.0. The molecular weight excluding hydrogens is 404 g/mol. The maximum absolute atomic E-state index is 12.7. The Morgan fingerprint density at radius 1 is 1.31 bits per heavy atom. The number of allylic oxidation sites excluding steroid dienone is 2. The highest BCUT2D eigenvalue weighted by atomic mass is 35.5. The molecule has 29 heavy (non-hydrogen) atoms. The highest BCUT2D eigenvalue weighted by Crippen LogP contribution is 2.52. The van der Waals surface area contributed by atoms with Crippen molar-refractivity contribution < 1.29 is 24.0 Å². The van der Waals surface area contributed by atoms with Gasteiger partial charge in [0.1, 0.15) is 0 Å². The van der Waals surface area contributed by atoms with Crippen LogP contribution >= 0.6 is 11.6 Å². The lowest BCUT2D eigenvalue weighted by atomic mass is 9.85. The molecule has 2 aliphatic carbocycles. The summed E-state index contributed by atoms with van der Waals surface area (Å²) >= 11 is 5.94. The number of carbonyl (C=O) groups excluding carboxylic acids is 3. The van der Waals surface area contributed by atoms with Crippen LogP contribution in [0.1, 0.15) is 12.0 Å². The molecule has 1 heterocycles. The number of rotatable bonds is 6. The zero-order chi connectivity index (χ0) is 20.9. The van der Waals surface area contributed by atoms with Crippen LogP contribution in [0.2, 0.25) is 5.02 Å². The second-order valence-electron chi connectivity index (χ2n) is 7.09. The number of hydrazone groups is 1. The summed E-state index contributed by atoms with van der Waals surface area (Å²) in [6, 6.07) is 2.36. The van der Waals surface area contributed by atoms with Gasteiger partial charge in [0, 0.05) is 16.7 Å². The molecule has 150 valence electrons. The fourth-order valence-corrected chi connectivity index (χ4v) is 4.47. The van der Waals surface area contributed by atoms with Crippen molar-refractivity contribution in [2.24, 2.45) is 34.5 Å². The molecule has 0 aromatic heterocycles. The van der Waals surface area contributed by atoms with E-state index in [0.29, 0.717) is 0 Å². The fourth-order valence-electron chi connectivity index (χ4n) is 4.25. The van der Waals surface area contributed by atoms with E-state index in [4.69, 9.17) is 22.1 Å². The number of ether oxygens (including phenoxy) is 1. The van der Waals surface area contributed by atoms with Gasteiger partial charge in [-0.1, -0.05) is 23.8 Å². The fraction of sp³-hybridized carbons (Fsp3) is 0.333. The molecule has 2 fully saturated rings. The van der Waals surface area contributed by atoms with E-state index in [2.05, 4.69) is 5.10 Å². The van der Waals surface area contributed by atoms with Crippen molar-refractivity contribution in [1.29, 1.82) is 0 Å². The number of primary amides is 1. The predicted molar refractivity (Wildman–Crippen MR) is 100.0 cm³/mol. The highest BCUT2D eigenvalue weighted by molar-refractivity contribution is 6.31. The Labute approximate surface area is 169 Å². The third-order valence-corrected chi connectivity index (χ3v) is 5.60. The molecule has 1 saturated heterocycles. The molecule has 1 aromatic rings. The number of nitrogens with two attached hydrogens (primary N) is 1. The van der Waals surface area contributed by atoms with Gasteiger partial charge in [0.25, 0.3) is 17.7 Å². The summed E-state index contributed by atoms with van der Waals surface area (Å²) in [6.45, 7) is -0.607. The van der Waals surface area contributed by atoms with Crippen molar-refractivity contribution in [3.63, 3.8) is 0 Å². The highest BCUT2D eigenvalue weighted by Gasteiger charge is 2.59. The summed E-state index contributed by atoms with van der Waals surface area (Å²) < 4.78 is 5.17. The number of nitrogens with zero attached hydrogens (tertiary/aromatic N) is 3. The van der Waals surface area contributed by atoms with Gasteiger partial charge in [0.15, 0.2) is 6.61 Å². The van der Waals surface area contributed by atoms with E-state index in [1.165, 1.54) is 6.07 Å². The van der Waals surface area contributed by atoms with Crippen LogP contribution in [0, 0.1) is 33.8 Å². The van der Waals surface area contributed by atoms with Crippen LogP contribution in [0.3, 0.4) is 0 Å². The summed E-state index contributed by atoms with van der Waals surface area (Å²) in [6.07, 6.45) is 5.79. The number of hydrogen-bond donors (Lipinski definition) is 1. The smallest absolute Gasteiger partial charge is 0.313 e. The van der Waals surface area contributed by atoms with E-state index >= 15 is 0 Å². The van der Waals surface area contributed by atoms with Gasteiger partial charge >= 0.3 is 5.69 Å². The quantitative estimate of drug-likeness (QED) is 0.242. The SMILES string of the molecule is NC(=O)COc1c(C=NN2C(=O)[C@@H]3[C@H](C2=O)[C@H]2C=C[C@H]3C2)cc(Cl)cc1[N+](=O)[O-]. The van der Waals surface area contributed by atoms with E-state index in [1.54, 1.807) is 0 Å². The second-order valence-corrected chi connectivity index (χ2v) is 7.52. The summed E-state index contributed by atoms with van der Waals surface area (Å²) in [5.74, 6) is -2.70. The lowest BCUT2D eigenvalue weighted by molar-refractivity contribution is -0.385. The van der Waals surface area contributed by atoms with Crippen LogP contribution in [0.5, 0.6) is 5.75 Å². The predicted octanol–water partition coefficient (Wildman–Crippen LogP) is 1.25. The topological polar surface area (TPSA) is 145 Å². The standard InChI is InChI=1S/C18H15ClN4O6/c19-11-4-10(16(29-7-13(20)24)12(5-11)23(27)28)6-21-22-17(25)14-8-1-2-9(3-8)15(14)18(22)26/h1-2,4-6,8-9,14-15H,3,7H2,(H2,20,24)/t8-,9-,14-,15+/m0/s1. The molecule has 0 unspecified atom stereocenters. The van der Waals surface area contributed by atoms with E-state index in [0.717, 1.165) is 23.7 Å². The first-order valence-electron chi connectivity index (χ1n) is 8.77. The third-order valence-electron chi connectivity index (χ3n) is 5.38. The van der Waals surface area contributed by atoms with Gasteiger partial charge in [-0.25, -0.2) is 0 Å². The number of nitro benzene ring substituents is 1. The third kappa shape index (κ3) is 3.15. The molecule has 1 saturated carbocycles. The van der Waals surface area contributed by atoms with Gasteiger partial charge in [0.2, 0.25) is 5.75 Å². The summed E-state index contributed by atoms with van der Waals surface area (Å²) in [7, 11) is 0. The van der Waals surface area contributed by atoms with E-state index < -0.39 is 46.8 Å². The van der Waals surface area contributed by atoms with Crippen molar-refractivity contribution >= 4 is 41.2 Å². The van der Waals surface area contributed by atoms with Crippen LogP contribution in [0.15, 0.2) is 29.4 Å². The Morgan fingerprint density at radius 3 is 2.48 bits per heavy atom. The van der Waals surface area contributed by atoms with Crippen molar-refractivity contribution in [3.8, 4) is 5.75 Å². The Morgan fingerprint density at radius 2 is 1.93 bits per heavy atom. The van der Waals surface area contributed by atoms with Gasteiger partial charge in [-0.15, -0.1) is 0 Å². The number of carbonyl (C=O) groups is 3. The average molecular weight is 419 g/mol. The van der Waals surface area contributed by atoms with E-state index in [1.807, 2.05) is 12.2 Å². The molecule has 4 atom stereocenters. The molecule has 1 aliphatic heterocycles. The van der Waals surface area contributed by atoms with Gasteiger partial charge in [-0.2, -0.15) is 10.1 Å². The summed E-state index contributed by atoms with van der Waals surface area (Å²) in [5.41, 5.74) is 4.57. The zero-order valence-corrected chi connectivity index (χ0v) is 15.6. The Bertz CT molecular complexity index is 976. The molecule has 4 rings (SSSR count). The number of fused-ring (bicyclic) bond motifs is 5. The van der Waals surface area contributed by atoms with Gasteiger partial charge in [-0.05, 0) is 24.3 Å². The maximum atomic E-state index is 12.7. The first-order chi connectivity index (χ1) is 13.8. The molecule has 1 aromatic carbocycles. The number of nitro groups is 1. The molecule has 10 nitrogen and oxygen atoms in total. The number of hydrogen-bond acceptors (Lipinski definition) is 7. The van der Waals surface area contributed by atoms with E-state index in [9.17, 15) is 24.5 Å². The largest absolute Gasteiger partial charge is 0.476 e. The first-order valence-corrected chi connectivity index (χ1v) is 9.15. The van der Waals surface area contributed by atoms with Crippen molar-refractivity contribution in [1.82, 2.24) is 5.01 Å². The minimum Gasteiger partial charge on any atom is -0.476 e. The van der Waals surface area contributed by atoms with Crippen LogP contribution in [-0.4, -0.2) is 40.5 Å². The Kier molecular flexibility index (Phi) is 4.58. The van der Waals surface area contributed by atoms with Crippen molar-refractivity contribution in [2.75, 3.05) is 6.61 Å². The molecule has 0 spiro atoms. The van der Waals surface area contributed by atoms with Crippen LogP contribution in [0.25, 0.3) is 0 Å². The molecule has 3 aliphatic rings. The lowest BCUT2D eigenvalue weighted by Gasteiger charge is -2.13. The Balaban J connectivity index is 1.66. The maximum Gasteiger partial charge on any atom is 0.313 e. The average Bonchev–Trinajstić information content (AvgIpc) is 3.33. The molecule has 0 radical (unpaired) electrons. The minimum atomic E-state index is -0.835. The number of amides is 3. The van der Waals surface area contributed by atoms with Gasteiger partial charge in [-0.3, -0.25) is 24.5 Å². The van der Waals surface area contributed by atoms with Gasteiger partial charge in [0.05, 0.1) is 23.0 Å². The van der Waals surface area contributed by atoms with Crippen molar-refractivity contribution in [3.05, 3.63) is 45.0 Å². The molecule has 2 N–H and O–H groups in total. The van der Waals surface area contributed by atoms with Crippen LogP contribution < -0.4 is 10.5 Å². The molecular formula is C18H15ClN4O6. The second kappa shape index (κ2) is 6.96. The van der Waals surface area contributed by atoms with Crippen molar-refractivity contribution in [2.45, 2.75) is 6.42 Å². The monoisotopic (exact) mass is 418 g/mol. The number of halogens is 1. The minimum absolute atomic E-state index is 0.0164. The molecule has 3 amide bonds. The molecule has 2 bridgehead atoms. The van der Waals surface area contributed by atoms with Crippen LogP contribution in [-0.2, 0) is 14.4 Å². The lowest BCUT2D eigenvalue weighted by Crippen LogP contribution is -2.28. The normalized spacial score (nSPS) is 27.1. The first kappa shape index (κ1) is 19.1. The number of benzene rings is 1. The Hall–Kier alpha value is -3.27. The number of imide groups is 1. The van der Waals surface area contributed by atoms with Gasteiger partial charge < -0.3 is 10.5 Å². The van der Waals surface area contributed by atoms with E-state index in [-0.39, 0.29) is 28.2 Å². The summed E-state index contributed by atoms with van der Waals surface area (Å²) in [5, 5.41) is 16.1. The van der Waals surface area contributed by atoms with Crippen LogP contribution in [0.4, 0.5) is 5.69 Å².